The van der Waals surface area contributed by atoms with Gasteiger partial charge < -0.3 is 14.2 Å². The quantitative estimate of drug-likeness (QED) is 0.0261. The molecule has 6 nitrogen and oxygen atoms in total. The molecule has 0 aromatic carbocycles. The summed E-state index contributed by atoms with van der Waals surface area (Å²) in [6, 6.07) is 0. The first-order valence-electron chi connectivity index (χ1n) is 33.2. The van der Waals surface area contributed by atoms with E-state index in [4.69, 9.17) is 14.2 Å². The summed E-state index contributed by atoms with van der Waals surface area (Å²) in [7, 11) is 0. The summed E-state index contributed by atoms with van der Waals surface area (Å²) in [5.41, 5.74) is 0. The number of allylic oxidation sites excluding steroid dienone is 22. The standard InChI is InChI=1S/C74H122O6/c1-4-7-10-13-16-19-22-25-28-30-32-33-34-35-36-37-38-39-40-41-43-44-46-49-52-55-58-61-64-67-73(76)79-70-71(69-78-72(75)66-63-60-57-54-51-48-27-24-21-18-15-12-9-6-3)80-74(77)68-65-62-59-56-53-50-47-45-42-31-29-26-23-20-17-14-11-8-5-2/h7-8,10-11,16-17,19-20,25-26,28-29,32-33,35-36,38-39,42,45,50,53,71H,4-6,9,12-15,18,21-24,27,30-31,34,37,40-41,43-44,46-49,51-52,54-70H2,1-3H3/b10-7-,11-8-,19-16-,20-17-,28-25-,29-26-,33-32-,36-35-,39-38-,45-42-,53-50-. The maximum Gasteiger partial charge on any atom is 0.306 e. The van der Waals surface area contributed by atoms with Crippen molar-refractivity contribution < 1.29 is 28.6 Å². The van der Waals surface area contributed by atoms with Crippen LogP contribution in [0.3, 0.4) is 0 Å². The zero-order valence-corrected chi connectivity index (χ0v) is 52.0. The van der Waals surface area contributed by atoms with E-state index in [0.717, 1.165) is 135 Å². The Balaban J connectivity index is 4.37. The number of carbonyl (C=O) groups excluding carboxylic acids is 3. The average molecular weight is 1110 g/mol. The van der Waals surface area contributed by atoms with Crippen LogP contribution in [-0.2, 0) is 28.6 Å². The molecule has 0 aliphatic heterocycles. The Morgan fingerprint density at radius 2 is 0.487 bits per heavy atom. The van der Waals surface area contributed by atoms with Crippen LogP contribution in [0.5, 0.6) is 0 Å². The highest BCUT2D eigenvalue weighted by atomic mass is 16.6. The van der Waals surface area contributed by atoms with E-state index in [0.29, 0.717) is 12.8 Å². The van der Waals surface area contributed by atoms with Crippen molar-refractivity contribution in [3.63, 3.8) is 0 Å². The Hall–Kier alpha value is -4.45. The average Bonchev–Trinajstić information content (AvgIpc) is 3.46. The molecule has 6 heteroatoms. The van der Waals surface area contributed by atoms with Crippen LogP contribution in [0.25, 0.3) is 0 Å². The molecule has 0 saturated carbocycles. The molecule has 1 atom stereocenters. The lowest BCUT2D eigenvalue weighted by Crippen LogP contribution is -2.30. The fourth-order valence-electron chi connectivity index (χ4n) is 9.00. The van der Waals surface area contributed by atoms with Crippen molar-refractivity contribution in [2.24, 2.45) is 0 Å². The van der Waals surface area contributed by atoms with Crippen molar-refractivity contribution in [3.8, 4) is 0 Å². The van der Waals surface area contributed by atoms with Gasteiger partial charge in [0.25, 0.3) is 0 Å². The smallest absolute Gasteiger partial charge is 0.306 e. The van der Waals surface area contributed by atoms with Crippen molar-refractivity contribution in [1.82, 2.24) is 0 Å². The van der Waals surface area contributed by atoms with Gasteiger partial charge in [-0.25, -0.2) is 0 Å². The normalized spacial score (nSPS) is 13.0. The van der Waals surface area contributed by atoms with Crippen LogP contribution in [0, 0.1) is 0 Å². The highest BCUT2D eigenvalue weighted by molar-refractivity contribution is 5.71. The van der Waals surface area contributed by atoms with Crippen molar-refractivity contribution in [2.75, 3.05) is 13.2 Å². The minimum Gasteiger partial charge on any atom is -0.462 e. The lowest BCUT2D eigenvalue weighted by atomic mass is 10.0. The molecule has 454 valence electrons. The maximum atomic E-state index is 12.9. The van der Waals surface area contributed by atoms with Gasteiger partial charge in [0.2, 0.25) is 0 Å². The molecule has 0 N–H and O–H groups in total. The molecule has 1 unspecified atom stereocenters. The zero-order chi connectivity index (χ0) is 57.8. The lowest BCUT2D eigenvalue weighted by molar-refractivity contribution is -0.167. The van der Waals surface area contributed by atoms with Gasteiger partial charge in [-0.15, -0.1) is 0 Å². The van der Waals surface area contributed by atoms with E-state index in [1.54, 1.807) is 0 Å². The molecule has 0 fully saturated rings. The van der Waals surface area contributed by atoms with Gasteiger partial charge in [-0.2, -0.15) is 0 Å². The van der Waals surface area contributed by atoms with Crippen molar-refractivity contribution in [3.05, 3.63) is 134 Å². The third-order valence-electron chi connectivity index (χ3n) is 13.9. The van der Waals surface area contributed by atoms with E-state index < -0.39 is 6.10 Å². The lowest BCUT2D eigenvalue weighted by Gasteiger charge is -2.18. The number of rotatable bonds is 59. The second-order valence-corrected chi connectivity index (χ2v) is 21.6. The van der Waals surface area contributed by atoms with E-state index in [1.165, 1.54) is 122 Å². The van der Waals surface area contributed by atoms with Crippen molar-refractivity contribution in [2.45, 2.75) is 303 Å². The number of hydrogen-bond acceptors (Lipinski definition) is 6. The molecule has 0 aliphatic carbocycles. The molecule has 0 spiro atoms. The molecule has 0 amide bonds. The first-order chi connectivity index (χ1) is 39.5. The van der Waals surface area contributed by atoms with E-state index in [2.05, 4.69) is 154 Å². The first-order valence-corrected chi connectivity index (χ1v) is 33.2. The summed E-state index contributed by atoms with van der Waals surface area (Å²) in [6.07, 6.45) is 94.6. The van der Waals surface area contributed by atoms with Crippen LogP contribution < -0.4 is 0 Å². The number of unbranched alkanes of at least 4 members (excludes halogenated alkanes) is 26. The summed E-state index contributed by atoms with van der Waals surface area (Å²) >= 11 is 0. The van der Waals surface area contributed by atoms with E-state index >= 15 is 0 Å². The van der Waals surface area contributed by atoms with E-state index in [-0.39, 0.29) is 37.5 Å². The minimum absolute atomic E-state index is 0.0932. The van der Waals surface area contributed by atoms with E-state index in [9.17, 15) is 14.4 Å². The van der Waals surface area contributed by atoms with Crippen LogP contribution in [0.2, 0.25) is 0 Å². The van der Waals surface area contributed by atoms with Crippen LogP contribution in [-0.4, -0.2) is 37.2 Å². The monoisotopic (exact) mass is 1110 g/mol. The molecule has 0 aromatic heterocycles. The SMILES string of the molecule is CC/C=C\C/C=C\C/C=C\C/C=C\C/C=C\C/C=C\CCCCCCCCCCCCC(=O)OCC(COC(=O)CCCCCCCCCCCCCCCC)OC(=O)CCCCC/C=C\C/C=C\C/C=C\C/C=C\C/C=C\CC. The zero-order valence-electron chi connectivity index (χ0n) is 52.0. The molecule has 80 heavy (non-hydrogen) atoms. The van der Waals surface area contributed by atoms with E-state index in [1.807, 2.05) is 0 Å². The molecule has 0 radical (unpaired) electrons. The second-order valence-electron chi connectivity index (χ2n) is 21.6. The Labute approximate surface area is 494 Å². The van der Waals surface area contributed by atoms with Gasteiger partial charge in [0.05, 0.1) is 0 Å². The Kier molecular flexibility index (Phi) is 63.3. The van der Waals surface area contributed by atoms with Crippen LogP contribution in [0.4, 0.5) is 0 Å². The predicted octanol–water partition coefficient (Wildman–Crippen LogP) is 22.9. The van der Waals surface area contributed by atoms with Crippen LogP contribution >= 0.6 is 0 Å². The van der Waals surface area contributed by atoms with Crippen LogP contribution in [0.1, 0.15) is 297 Å². The Morgan fingerprint density at radius 1 is 0.263 bits per heavy atom. The fraction of sp³-hybridized carbons (Fsp3) is 0.662. The highest BCUT2D eigenvalue weighted by Crippen LogP contribution is 2.16. The second kappa shape index (κ2) is 67.1. The fourth-order valence-corrected chi connectivity index (χ4v) is 9.00. The van der Waals surface area contributed by atoms with Crippen molar-refractivity contribution in [1.29, 1.82) is 0 Å². The first kappa shape index (κ1) is 75.5. The van der Waals surface area contributed by atoms with Gasteiger partial charge in [-0.05, 0) is 116 Å². The van der Waals surface area contributed by atoms with Gasteiger partial charge in [-0.1, -0.05) is 296 Å². The summed E-state index contributed by atoms with van der Waals surface area (Å²) < 4.78 is 16.9. The van der Waals surface area contributed by atoms with Crippen molar-refractivity contribution >= 4 is 17.9 Å². The molecular formula is C74H122O6. The van der Waals surface area contributed by atoms with Gasteiger partial charge >= 0.3 is 17.9 Å². The molecular weight excluding hydrogens is 985 g/mol. The number of carbonyl (C=O) groups is 3. The van der Waals surface area contributed by atoms with Gasteiger partial charge in [0.15, 0.2) is 6.10 Å². The summed E-state index contributed by atoms with van der Waals surface area (Å²) in [4.78, 5) is 38.4. The molecule has 0 rings (SSSR count). The summed E-state index contributed by atoms with van der Waals surface area (Å²) in [5, 5.41) is 0. The molecule has 0 aliphatic rings. The molecule has 0 aromatic rings. The molecule has 0 bridgehead atoms. The third kappa shape index (κ3) is 64.4. The number of hydrogen-bond donors (Lipinski definition) is 0. The maximum absolute atomic E-state index is 12.9. The van der Waals surface area contributed by atoms with Gasteiger partial charge in [0, 0.05) is 19.3 Å². The topological polar surface area (TPSA) is 78.9 Å². The van der Waals surface area contributed by atoms with Gasteiger partial charge in [0.1, 0.15) is 13.2 Å². The van der Waals surface area contributed by atoms with Gasteiger partial charge in [-0.3, -0.25) is 14.4 Å². The minimum atomic E-state index is -0.801. The Bertz CT molecular complexity index is 1700. The number of esters is 3. The highest BCUT2D eigenvalue weighted by Gasteiger charge is 2.19. The molecule has 0 saturated heterocycles. The largest absolute Gasteiger partial charge is 0.462 e. The summed E-state index contributed by atoms with van der Waals surface area (Å²) in [5.74, 6) is -0.924. The predicted molar refractivity (Wildman–Crippen MR) is 348 cm³/mol. The third-order valence-corrected chi connectivity index (χ3v) is 13.9. The Morgan fingerprint density at radius 3 is 0.775 bits per heavy atom. The number of ether oxygens (including phenoxy) is 3. The summed E-state index contributed by atoms with van der Waals surface area (Å²) in [6.45, 7) is 6.40. The molecule has 0 heterocycles. The van der Waals surface area contributed by atoms with Crippen LogP contribution in [0.15, 0.2) is 134 Å².